The first kappa shape index (κ1) is 22.7. The van der Waals surface area contributed by atoms with Crippen LogP contribution in [-0.2, 0) is 16.0 Å². The van der Waals surface area contributed by atoms with Gasteiger partial charge < -0.3 is 16.3 Å². The molecule has 0 aliphatic rings. The second kappa shape index (κ2) is 11.4. The molecule has 0 saturated heterocycles. The Hall–Kier alpha value is -2.57. The normalized spacial score (nSPS) is 12.1. The van der Waals surface area contributed by atoms with Crippen LogP contribution >= 0.6 is 23.2 Å². The topological polar surface area (TPSA) is 105 Å². The number of nitrogens with zero attached hydrogens (tertiary/aromatic N) is 1. The maximum absolute atomic E-state index is 12.3. The fraction of sp³-hybridized carbons (Fsp3) is 0.286. The van der Waals surface area contributed by atoms with Crippen LogP contribution in [0.25, 0.3) is 0 Å². The second-order valence-corrected chi connectivity index (χ2v) is 7.45. The van der Waals surface area contributed by atoms with E-state index in [0.29, 0.717) is 28.5 Å². The Morgan fingerprint density at radius 2 is 1.86 bits per heavy atom. The molecule has 2 aromatic carbocycles. The van der Waals surface area contributed by atoms with Crippen molar-refractivity contribution in [2.45, 2.75) is 38.1 Å². The van der Waals surface area contributed by atoms with Crippen molar-refractivity contribution < 1.29 is 14.7 Å². The Bertz CT molecular complexity index is 870. The van der Waals surface area contributed by atoms with E-state index in [1.165, 1.54) is 6.07 Å². The molecule has 0 aromatic heterocycles. The smallest absolute Gasteiger partial charge is 0.305 e. The van der Waals surface area contributed by atoms with Gasteiger partial charge in [0.1, 0.15) is 0 Å². The van der Waals surface area contributed by atoms with Crippen LogP contribution in [0.2, 0.25) is 10.0 Å². The molecule has 0 radical (unpaired) electrons. The molecule has 8 heteroatoms. The number of benzene rings is 2. The lowest BCUT2D eigenvalue weighted by molar-refractivity contribution is -0.137. The number of carbonyl (C=O) groups excluding carboxylic acids is 1. The average molecular weight is 436 g/mol. The van der Waals surface area contributed by atoms with Crippen LogP contribution in [0.15, 0.2) is 47.6 Å². The molecule has 1 amide bonds. The summed E-state index contributed by atoms with van der Waals surface area (Å²) >= 11 is 12.1. The standard InChI is InChI=1S/C21H23Cl2N3O3/c22-16-9-10-17(18(23)11-16)19(12-21(28)29)26-20(27)4-2-1-3-14-5-7-15(8-6-14)13-25-24/h5-11,13,19H,1-4,12,24H2,(H,26,27)(H,28,29). The van der Waals surface area contributed by atoms with E-state index < -0.39 is 12.0 Å². The van der Waals surface area contributed by atoms with Gasteiger partial charge in [-0.2, -0.15) is 5.10 Å². The van der Waals surface area contributed by atoms with E-state index in [2.05, 4.69) is 10.4 Å². The SMILES string of the molecule is NN=Cc1ccc(CCCCC(=O)NC(CC(=O)O)c2ccc(Cl)cc2Cl)cc1. The Balaban J connectivity index is 1.85. The first-order valence-corrected chi connectivity index (χ1v) is 9.93. The van der Waals surface area contributed by atoms with Gasteiger partial charge in [0.05, 0.1) is 18.7 Å². The van der Waals surface area contributed by atoms with E-state index in [0.717, 1.165) is 24.0 Å². The number of carboxylic acids is 1. The molecule has 2 aromatic rings. The van der Waals surface area contributed by atoms with Crippen molar-refractivity contribution >= 4 is 41.3 Å². The molecule has 2 rings (SSSR count). The zero-order valence-electron chi connectivity index (χ0n) is 15.8. The first-order valence-electron chi connectivity index (χ1n) is 9.17. The number of carboxylic acid groups (broad SMARTS) is 1. The predicted molar refractivity (Wildman–Crippen MR) is 115 cm³/mol. The number of amides is 1. The molecule has 0 bridgehead atoms. The molecule has 0 saturated carbocycles. The highest BCUT2D eigenvalue weighted by atomic mass is 35.5. The zero-order chi connectivity index (χ0) is 21.2. The summed E-state index contributed by atoms with van der Waals surface area (Å²) < 4.78 is 0. The van der Waals surface area contributed by atoms with Crippen LogP contribution in [-0.4, -0.2) is 23.2 Å². The van der Waals surface area contributed by atoms with Crippen molar-refractivity contribution in [2.75, 3.05) is 0 Å². The number of aliphatic carboxylic acids is 1. The van der Waals surface area contributed by atoms with Crippen molar-refractivity contribution in [3.8, 4) is 0 Å². The van der Waals surface area contributed by atoms with Gasteiger partial charge in [-0.1, -0.05) is 53.5 Å². The molecule has 0 heterocycles. The third-order valence-corrected chi connectivity index (χ3v) is 4.94. The van der Waals surface area contributed by atoms with Gasteiger partial charge in [-0.15, -0.1) is 0 Å². The monoisotopic (exact) mass is 435 g/mol. The summed E-state index contributed by atoms with van der Waals surface area (Å²) in [7, 11) is 0. The quantitative estimate of drug-likeness (QED) is 0.223. The van der Waals surface area contributed by atoms with Crippen LogP contribution in [0.3, 0.4) is 0 Å². The van der Waals surface area contributed by atoms with Crippen molar-refractivity contribution in [3.05, 3.63) is 69.2 Å². The second-order valence-electron chi connectivity index (χ2n) is 6.61. The van der Waals surface area contributed by atoms with Gasteiger partial charge in [0.15, 0.2) is 0 Å². The van der Waals surface area contributed by atoms with Crippen molar-refractivity contribution in [1.29, 1.82) is 0 Å². The van der Waals surface area contributed by atoms with Gasteiger partial charge in [-0.25, -0.2) is 0 Å². The number of nitrogens with one attached hydrogen (secondary N) is 1. The molecular weight excluding hydrogens is 413 g/mol. The lowest BCUT2D eigenvalue weighted by atomic mass is 10.0. The highest BCUT2D eigenvalue weighted by Gasteiger charge is 2.20. The summed E-state index contributed by atoms with van der Waals surface area (Å²) in [5, 5.41) is 16.2. The molecule has 29 heavy (non-hydrogen) atoms. The molecular formula is C21H23Cl2N3O3. The molecule has 1 unspecified atom stereocenters. The number of halogens is 2. The summed E-state index contributed by atoms with van der Waals surface area (Å²) in [5.41, 5.74) is 2.63. The maximum Gasteiger partial charge on any atom is 0.305 e. The Labute approximate surface area is 179 Å². The van der Waals surface area contributed by atoms with Crippen LogP contribution in [0, 0.1) is 0 Å². The van der Waals surface area contributed by atoms with Gasteiger partial charge in [0.2, 0.25) is 5.91 Å². The van der Waals surface area contributed by atoms with E-state index in [-0.39, 0.29) is 12.3 Å². The lowest BCUT2D eigenvalue weighted by Crippen LogP contribution is -2.30. The van der Waals surface area contributed by atoms with E-state index >= 15 is 0 Å². The number of nitrogens with two attached hydrogens (primary N) is 1. The number of hydrogen-bond acceptors (Lipinski definition) is 4. The van der Waals surface area contributed by atoms with Crippen molar-refractivity contribution in [1.82, 2.24) is 5.32 Å². The summed E-state index contributed by atoms with van der Waals surface area (Å²) in [6, 6.07) is 12.0. The number of unbranched alkanes of at least 4 members (excludes halogenated alkanes) is 1. The molecule has 4 N–H and O–H groups in total. The third-order valence-electron chi connectivity index (χ3n) is 4.37. The summed E-state index contributed by atoms with van der Waals surface area (Å²) in [6.07, 6.45) is 3.99. The van der Waals surface area contributed by atoms with Crippen LogP contribution in [0.4, 0.5) is 0 Å². The molecule has 0 spiro atoms. The number of carbonyl (C=O) groups is 2. The van der Waals surface area contributed by atoms with Gasteiger partial charge in [-0.3, -0.25) is 9.59 Å². The Morgan fingerprint density at radius 1 is 1.14 bits per heavy atom. The fourth-order valence-electron chi connectivity index (χ4n) is 2.94. The van der Waals surface area contributed by atoms with Crippen molar-refractivity contribution in [2.24, 2.45) is 10.9 Å². The minimum Gasteiger partial charge on any atom is -0.481 e. The minimum absolute atomic E-state index is 0.211. The lowest BCUT2D eigenvalue weighted by Gasteiger charge is -2.19. The molecule has 0 aliphatic heterocycles. The number of rotatable bonds is 10. The number of hydrogen-bond donors (Lipinski definition) is 3. The van der Waals surface area contributed by atoms with Crippen molar-refractivity contribution in [3.63, 3.8) is 0 Å². The minimum atomic E-state index is -1.02. The molecule has 6 nitrogen and oxygen atoms in total. The maximum atomic E-state index is 12.3. The Morgan fingerprint density at radius 3 is 2.48 bits per heavy atom. The summed E-state index contributed by atoms with van der Waals surface area (Å²) in [6.45, 7) is 0. The predicted octanol–water partition coefficient (Wildman–Crippen LogP) is 4.33. The fourth-order valence-corrected chi connectivity index (χ4v) is 3.48. The van der Waals surface area contributed by atoms with E-state index in [1.807, 2.05) is 24.3 Å². The number of hydrazone groups is 1. The van der Waals surface area contributed by atoms with E-state index in [4.69, 9.17) is 34.2 Å². The van der Waals surface area contributed by atoms with Gasteiger partial charge in [0.25, 0.3) is 0 Å². The van der Waals surface area contributed by atoms with Gasteiger partial charge in [-0.05, 0) is 48.1 Å². The summed E-state index contributed by atoms with van der Waals surface area (Å²) in [5.74, 6) is 3.89. The largest absolute Gasteiger partial charge is 0.481 e. The van der Waals surface area contributed by atoms with E-state index in [1.54, 1.807) is 18.3 Å². The highest BCUT2D eigenvalue weighted by Crippen LogP contribution is 2.28. The molecule has 0 aliphatic carbocycles. The van der Waals surface area contributed by atoms with Crippen LogP contribution in [0.1, 0.15) is 48.4 Å². The molecule has 1 atom stereocenters. The van der Waals surface area contributed by atoms with E-state index in [9.17, 15) is 9.59 Å². The van der Waals surface area contributed by atoms with Gasteiger partial charge in [0, 0.05) is 16.5 Å². The average Bonchev–Trinajstić information content (AvgIpc) is 2.66. The molecule has 154 valence electrons. The van der Waals surface area contributed by atoms with Gasteiger partial charge >= 0.3 is 5.97 Å². The molecule has 0 fully saturated rings. The van der Waals surface area contributed by atoms with Crippen LogP contribution < -0.4 is 11.2 Å². The number of aryl methyl sites for hydroxylation is 1. The third kappa shape index (κ3) is 7.75. The highest BCUT2D eigenvalue weighted by molar-refractivity contribution is 6.35. The Kier molecular flexibility index (Phi) is 8.96. The van der Waals surface area contributed by atoms with Crippen LogP contribution in [0.5, 0.6) is 0 Å². The zero-order valence-corrected chi connectivity index (χ0v) is 17.3. The first-order chi connectivity index (χ1) is 13.9. The summed E-state index contributed by atoms with van der Waals surface area (Å²) in [4.78, 5) is 23.5.